The van der Waals surface area contributed by atoms with Gasteiger partial charge in [0.1, 0.15) is 0 Å². The third-order valence-electron chi connectivity index (χ3n) is 1.93. The summed E-state index contributed by atoms with van der Waals surface area (Å²) in [7, 11) is -0.760. The van der Waals surface area contributed by atoms with Crippen LogP contribution in [0.5, 0.6) is 0 Å². The van der Waals surface area contributed by atoms with Gasteiger partial charge in [-0.3, -0.25) is 0 Å². The smallest absolute Gasteiger partial charge is 0.0608 e. The van der Waals surface area contributed by atoms with Crippen molar-refractivity contribution in [1.29, 1.82) is 0 Å². The van der Waals surface area contributed by atoms with Crippen molar-refractivity contribution in [2.75, 3.05) is 12.7 Å². The van der Waals surface area contributed by atoms with E-state index in [0.717, 1.165) is 0 Å². The second-order valence-electron chi connectivity index (χ2n) is 5.13. The van der Waals surface area contributed by atoms with Gasteiger partial charge in [0.15, 0.2) is 0 Å². The highest BCUT2D eigenvalue weighted by molar-refractivity contribution is 6.76. The van der Waals surface area contributed by atoms with Crippen LogP contribution in [0.4, 0.5) is 0 Å². The molecular formula is C10H25NSi2. The minimum atomic E-state index is -0.802. The zero-order valence-electron chi connectivity index (χ0n) is 9.91. The van der Waals surface area contributed by atoms with Crippen LogP contribution >= 0.6 is 0 Å². The molecule has 0 fully saturated rings. The Labute approximate surface area is 86.8 Å². The fraction of sp³-hybridized carbons (Fsp3) is 0.800. The summed E-state index contributed by atoms with van der Waals surface area (Å²) in [6.07, 6.45) is 1.27. The van der Waals surface area contributed by atoms with E-state index in [9.17, 15) is 0 Å². The van der Waals surface area contributed by atoms with Crippen molar-refractivity contribution in [3.8, 4) is 0 Å². The molecule has 0 aromatic heterocycles. The number of nitrogens with one attached hydrogen (secondary N) is 1. The molecule has 0 atom stereocenters. The van der Waals surface area contributed by atoms with Gasteiger partial charge in [-0.15, -0.1) is 5.70 Å². The SMILES string of the molecule is CC(C)=C[SiH2]CNCC[Si](C)(C)C. The second kappa shape index (κ2) is 6.57. The quantitative estimate of drug-likeness (QED) is 0.528. The molecule has 0 aliphatic heterocycles. The maximum absolute atomic E-state index is 3.55. The summed E-state index contributed by atoms with van der Waals surface area (Å²) < 4.78 is 0. The topological polar surface area (TPSA) is 12.0 Å². The zero-order valence-corrected chi connectivity index (χ0v) is 12.3. The lowest BCUT2D eigenvalue weighted by atomic mass is 10.4. The molecule has 0 saturated carbocycles. The molecule has 0 amide bonds. The monoisotopic (exact) mass is 215 g/mol. The lowest BCUT2D eigenvalue weighted by Gasteiger charge is -2.15. The molecular weight excluding hydrogens is 190 g/mol. The summed E-state index contributed by atoms with van der Waals surface area (Å²) in [5.41, 5.74) is 3.92. The summed E-state index contributed by atoms with van der Waals surface area (Å²) in [6, 6.07) is 1.41. The van der Waals surface area contributed by atoms with Crippen LogP contribution in [0.2, 0.25) is 25.7 Å². The van der Waals surface area contributed by atoms with Gasteiger partial charge in [-0.25, -0.2) is 0 Å². The van der Waals surface area contributed by atoms with E-state index in [1.807, 2.05) is 0 Å². The van der Waals surface area contributed by atoms with E-state index in [1.54, 1.807) is 0 Å². The third kappa shape index (κ3) is 12.1. The first-order chi connectivity index (χ1) is 5.92. The van der Waals surface area contributed by atoms with Crippen LogP contribution in [0.3, 0.4) is 0 Å². The van der Waals surface area contributed by atoms with E-state index >= 15 is 0 Å². The minimum absolute atomic E-state index is 0.0420. The highest BCUT2D eigenvalue weighted by Crippen LogP contribution is 2.05. The molecule has 1 N–H and O–H groups in total. The average molecular weight is 215 g/mol. The Morgan fingerprint density at radius 3 is 2.38 bits per heavy atom. The molecule has 78 valence electrons. The van der Waals surface area contributed by atoms with Crippen molar-refractivity contribution in [2.24, 2.45) is 0 Å². The third-order valence-corrected chi connectivity index (χ3v) is 5.42. The van der Waals surface area contributed by atoms with Gasteiger partial charge >= 0.3 is 0 Å². The second-order valence-corrected chi connectivity index (χ2v) is 12.2. The molecule has 13 heavy (non-hydrogen) atoms. The van der Waals surface area contributed by atoms with Gasteiger partial charge in [-0.05, 0) is 32.6 Å². The molecule has 0 bridgehead atoms. The predicted molar refractivity (Wildman–Crippen MR) is 69.0 cm³/mol. The van der Waals surface area contributed by atoms with Gasteiger partial charge < -0.3 is 5.32 Å². The first kappa shape index (κ1) is 13.1. The first-order valence-corrected chi connectivity index (χ1v) is 10.8. The standard InChI is InChI=1S/C10H25NSi2/c1-10(2)8-12-9-11-6-7-13(3,4)5/h8,11H,6-7,9,12H2,1-5H3. The molecule has 1 nitrogen and oxygen atoms in total. The number of hydrogen-bond acceptors (Lipinski definition) is 1. The van der Waals surface area contributed by atoms with Gasteiger partial charge in [0, 0.05) is 8.07 Å². The lowest BCUT2D eigenvalue weighted by Crippen LogP contribution is -2.29. The Bertz CT molecular complexity index is 155. The van der Waals surface area contributed by atoms with Crippen molar-refractivity contribution in [1.82, 2.24) is 5.32 Å². The lowest BCUT2D eigenvalue weighted by molar-refractivity contribution is 0.820. The molecule has 0 radical (unpaired) electrons. The predicted octanol–water partition coefficient (Wildman–Crippen LogP) is 1.96. The van der Waals surface area contributed by atoms with Crippen LogP contribution in [0.25, 0.3) is 0 Å². The number of allylic oxidation sites excluding steroid dienone is 1. The number of hydrogen-bond donors (Lipinski definition) is 1. The Hall–Kier alpha value is 0.134. The Balaban J connectivity index is 3.23. The first-order valence-electron chi connectivity index (χ1n) is 5.26. The Kier molecular flexibility index (Phi) is 6.63. The van der Waals surface area contributed by atoms with E-state index in [1.165, 1.54) is 24.3 Å². The molecule has 0 aromatic rings. The highest BCUT2D eigenvalue weighted by atomic mass is 28.3. The molecule has 3 heteroatoms. The summed E-state index contributed by atoms with van der Waals surface area (Å²) >= 11 is 0. The largest absolute Gasteiger partial charge is 0.320 e. The molecule has 0 saturated heterocycles. The fourth-order valence-electron chi connectivity index (χ4n) is 1.05. The minimum Gasteiger partial charge on any atom is -0.320 e. The molecule has 0 aliphatic carbocycles. The van der Waals surface area contributed by atoms with E-state index in [0.29, 0.717) is 0 Å². The van der Waals surface area contributed by atoms with Gasteiger partial charge in [0.25, 0.3) is 0 Å². The van der Waals surface area contributed by atoms with Crippen LogP contribution in [0.15, 0.2) is 11.3 Å². The van der Waals surface area contributed by atoms with Gasteiger partial charge in [0.2, 0.25) is 0 Å². The molecule has 0 spiro atoms. The van der Waals surface area contributed by atoms with Gasteiger partial charge in [-0.1, -0.05) is 25.2 Å². The van der Waals surface area contributed by atoms with Crippen LogP contribution in [0.1, 0.15) is 13.8 Å². The molecule has 0 rings (SSSR count). The fourth-order valence-corrected chi connectivity index (χ4v) is 3.15. The van der Waals surface area contributed by atoms with E-state index < -0.39 is 8.07 Å². The maximum Gasteiger partial charge on any atom is 0.0608 e. The van der Waals surface area contributed by atoms with E-state index in [4.69, 9.17) is 0 Å². The molecule has 0 aliphatic rings. The van der Waals surface area contributed by atoms with Crippen LogP contribution in [-0.2, 0) is 0 Å². The zero-order chi connectivity index (χ0) is 10.3. The van der Waals surface area contributed by atoms with E-state index in [2.05, 4.69) is 44.5 Å². The van der Waals surface area contributed by atoms with Crippen molar-refractivity contribution >= 4 is 17.6 Å². The summed E-state index contributed by atoms with van der Waals surface area (Å²) in [5, 5.41) is 3.55. The molecule has 0 unspecified atom stereocenters. The van der Waals surface area contributed by atoms with Crippen LogP contribution < -0.4 is 5.32 Å². The number of rotatable bonds is 6. The van der Waals surface area contributed by atoms with Crippen molar-refractivity contribution in [3.05, 3.63) is 11.3 Å². The maximum atomic E-state index is 3.55. The van der Waals surface area contributed by atoms with Gasteiger partial charge in [-0.2, -0.15) is 0 Å². The van der Waals surface area contributed by atoms with Crippen molar-refractivity contribution < 1.29 is 0 Å². The van der Waals surface area contributed by atoms with Crippen molar-refractivity contribution in [3.63, 3.8) is 0 Å². The molecule has 0 aromatic carbocycles. The summed E-state index contributed by atoms with van der Waals surface area (Å²) in [6.45, 7) is 12.9. The van der Waals surface area contributed by atoms with Crippen molar-refractivity contribution in [2.45, 2.75) is 39.5 Å². The van der Waals surface area contributed by atoms with Crippen LogP contribution in [0, 0.1) is 0 Å². The average Bonchev–Trinajstić information content (AvgIpc) is 1.93. The Morgan fingerprint density at radius 1 is 1.31 bits per heavy atom. The highest BCUT2D eigenvalue weighted by Gasteiger charge is 2.10. The summed E-state index contributed by atoms with van der Waals surface area (Å²) in [4.78, 5) is 0. The summed E-state index contributed by atoms with van der Waals surface area (Å²) in [5.74, 6) is 0. The molecule has 0 heterocycles. The van der Waals surface area contributed by atoms with Crippen LogP contribution in [-0.4, -0.2) is 30.3 Å². The normalized spacial score (nSPS) is 12.4. The van der Waals surface area contributed by atoms with E-state index in [-0.39, 0.29) is 9.52 Å². The Morgan fingerprint density at radius 2 is 1.92 bits per heavy atom. The van der Waals surface area contributed by atoms with Gasteiger partial charge in [0.05, 0.1) is 9.52 Å².